The van der Waals surface area contributed by atoms with Crippen LogP contribution in [-0.4, -0.2) is 69.4 Å². The third-order valence-corrected chi connectivity index (χ3v) is 16.1. The molecule has 0 aromatic rings. The summed E-state index contributed by atoms with van der Waals surface area (Å²) in [6.45, 7) is 6.86. The van der Waals surface area contributed by atoms with Crippen LogP contribution < -0.4 is 10.2 Å². The van der Waals surface area contributed by atoms with Gasteiger partial charge in [-0.2, -0.15) is 0 Å². The predicted octanol–water partition coefficient (Wildman–Crippen LogP) is 20.0. The molecule has 9 nitrogen and oxygen atoms in total. The maximum atomic E-state index is 13.5. The summed E-state index contributed by atoms with van der Waals surface area (Å²) in [7, 11) is 1.18. The van der Waals surface area contributed by atoms with E-state index in [1.54, 1.807) is 0 Å². The first-order valence-electron chi connectivity index (χ1n) is 33.3. The summed E-state index contributed by atoms with van der Waals surface area (Å²) >= 11 is 0. The summed E-state index contributed by atoms with van der Waals surface area (Å²) in [4.78, 5) is 40.0. The predicted molar refractivity (Wildman–Crippen MR) is 330 cm³/mol. The second kappa shape index (κ2) is 57.5. The average Bonchev–Trinajstić information content (AvgIpc) is 3.39. The van der Waals surface area contributed by atoms with E-state index >= 15 is 0 Å². The van der Waals surface area contributed by atoms with Gasteiger partial charge in [-0.1, -0.05) is 295 Å². The molecule has 0 saturated carbocycles. The van der Waals surface area contributed by atoms with Gasteiger partial charge in [0.05, 0.1) is 33.8 Å². The van der Waals surface area contributed by atoms with Crippen molar-refractivity contribution in [3.8, 4) is 0 Å². The largest absolute Gasteiger partial charge is 0.756 e. The van der Waals surface area contributed by atoms with E-state index in [1.165, 1.54) is 225 Å². The SMILES string of the molecule is CCCCCCCCC/C=C/C=C/CCCCCC(=O)NC(COP(=O)([O-])OCC[N+](C)(C)C)C(/C=C\CCCCCCCCCCCC)OC(=O)CCCCCCCCCCCCCCCCCCCCCCCCC. The van der Waals surface area contributed by atoms with Gasteiger partial charge in [0.25, 0.3) is 7.82 Å². The number of amides is 1. The highest BCUT2D eigenvalue weighted by molar-refractivity contribution is 7.45. The van der Waals surface area contributed by atoms with Crippen LogP contribution in [-0.2, 0) is 27.9 Å². The minimum absolute atomic E-state index is 0.0250. The molecule has 0 fully saturated rings. The summed E-state index contributed by atoms with van der Waals surface area (Å²) in [6, 6.07) is -0.898. The van der Waals surface area contributed by atoms with Crippen LogP contribution in [0.4, 0.5) is 0 Å². The number of rotatable bonds is 61. The number of phosphoric ester groups is 1. The number of phosphoric acid groups is 1. The highest BCUT2D eigenvalue weighted by atomic mass is 31.2. The molecule has 0 aliphatic rings. The second-order valence-corrected chi connectivity index (χ2v) is 25.4. The van der Waals surface area contributed by atoms with Crippen LogP contribution >= 0.6 is 7.82 Å². The average molecular weight is 1110 g/mol. The van der Waals surface area contributed by atoms with Crippen molar-refractivity contribution in [2.24, 2.45) is 0 Å². The Hall–Kier alpha value is -1.77. The minimum atomic E-state index is -4.70. The van der Waals surface area contributed by atoms with Crippen molar-refractivity contribution in [3.05, 3.63) is 36.5 Å². The molecule has 77 heavy (non-hydrogen) atoms. The van der Waals surface area contributed by atoms with E-state index in [9.17, 15) is 19.0 Å². The standard InChI is InChI=1S/C67H129N2O7P/c1-7-10-13-16-19-22-25-28-30-32-33-34-35-36-37-38-40-42-45-48-51-54-57-60-67(71)76-65(58-55-52-49-46-43-27-24-21-18-15-12-9-3)64(63-75-77(72,73)74-62-61-69(4,5)6)68-66(70)59-56-53-50-47-44-41-39-31-29-26-23-20-17-14-11-8-2/h31,39,41,44,55,58,64-65H,7-30,32-38,40,42-43,45-54,56-57,59-63H2,1-6H3,(H-,68,70,72,73)/b39-31+,44-41+,58-55-. The van der Waals surface area contributed by atoms with Gasteiger partial charge in [-0.3, -0.25) is 14.2 Å². The lowest BCUT2D eigenvalue weighted by Gasteiger charge is -2.30. The smallest absolute Gasteiger partial charge is 0.306 e. The van der Waals surface area contributed by atoms with Gasteiger partial charge in [-0.15, -0.1) is 0 Å². The third kappa shape index (κ3) is 58.7. The fourth-order valence-corrected chi connectivity index (χ4v) is 10.7. The highest BCUT2D eigenvalue weighted by Gasteiger charge is 2.27. The molecule has 0 spiro atoms. The highest BCUT2D eigenvalue weighted by Crippen LogP contribution is 2.38. The number of nitrogens with one attached hydrogen (secondary N) is 1. The van der Waals surface area contributed by atoms with E-state index in [0.29, 0.717) is 17.4 Å². The van der Waals surface area contributed by atoms with Gasteiger partial charge in [0.1, 0.15) is 19.3 Å². The molecule has 0 heterocycles. The number of hydrogen-bond donors (Lipinski definition) is 1. The first-order valence-corrected chi connectivity index (χ1v) is 34.8. The fraction of sp³-hybridized carbons (Fsp3) is 0.881. The van der Waals surface area contributed by atoms with E-state index < -0.39 is 26.6 Å². The Bertz CT molecular complexity index is 1410. The number of nitrogens with zero attached hydrogens (tertiary/aromatic N) is 1. The molecule has 1 amide bonds. The summed E-state index contributed by atoms with van der Waals surface area (Å²) < 4.78 is 30.3. The number of unbranched alkanes of at least 4 members (excludes halogenated alkanes) is 42. The Labute approximate surface area is 478 Å². The first kappa shape index (κ1) is 75.2. The fourth-order valence-electron chi connectivity index (χ4n) is 9.93. The molecule has 3 unspecified atom stereocenters. The molecule has 0 aliphatic carbocycles. The first-order chi connectivity index (χ1) is 37.4. The molecule has 0 saturated heterocycles. The van der Waals surface area contributed by atoms with Gasteiger partial charge in [0.15, 0.2) is 0 Å². The van der Waals surface area contributed by atoms with Crippen molar-refractivity contribution in [3.63, 3.8) is 0 Å². The van der Waals surface area contributed by atoms with Crippen LogP contribution in [0, 0.1) is 0 Å². The van der Waals surface area contributed by atoms with E-state index in [2.05, 4.69) is 50.4 Å². The molecule has 0 radical (unpaired) electrons. The molecule has 3 atom stereocenters. The summed E-state index contributed by atoms with van der Waals surface area (Å²) in [5.74, 6) is -0.556. The number of hydrogen-bond acceptors (Lipinski definition) is 7. The quantitative estimate of drug-likeness (QED) is 0.0161. The van der Waals surface area contributed by atoms with Crippen LogP contribution in [0.15, 0.2) is 36.5 Å². The summed E-state index contributed by atoms with van der Waals surface area (Å²) in [6.07, 6.45) is 69.8. The van der Waals surface area contributed by atoms with Crippen molar-refractivity contribution in [2.75, 3.05) is 40.9 Å². The van der Waals surface area contributed by atoms with E-state index in [-0.39, 0.29) is 31.3 Å². The zero-order chi connectivity index (χ0) is 56.4. The Morgan fingerprint density at radius 3 is 1.16 bits per heavy atom. The van der Waals surface area contributed by atoms with Gasteiger partial charge in [-0.25, -0.2) is 0 Å². The van der Waals surface area contributed by atoms with Crippen LogP contribution in [0.2, 0.25) is 0 Å². The van der Waals surface area contributed by atoms with Crippen molar-refractivity contribution >= 4 is 19.7 Å². The Balaban J connectivity index is 5.13. The molecule has 0 aliphatic heterocycles. The molecular formula is C67H129N2O7P. The molecule has 0 aromatic carbocycles. The van der Waals surface area contributed by atoms with Gasteiger partial charge < -0.3 is 28.5 Å². The van der Waals surface area contributed by atoms with Crippen LogP contribution in [0.5, 0.6) is 0 Å². The number of esters is 1. The van der Waals surface area contributed by atoms with Crippen LogP contribution in [0.1, 0.15) is 329 Å². The molecule has 0 rings (SSSR count). The number of ether oxygens (including phenoxy) is 1. The van der Waals surface area contributed by atoms with Gasteiger partial charge in [0.2, 0.25) is 5.91 Å². The molecular weight excluding hydrogens is 976 g/mol. The van der Waals surface area contributed by atoms with Crippen LogP contribution in [0.3, 0.4) is 0 Å². The third-order valence-electron chi connectivity index (χ3n) is 15.1. The van der Waals surface area contributed by atoms with Gasteiger partial charge in [-0.05, 0) is 57.4 Å². The molecule has 454 valence electrons. The normalized spacial score (nSPS) is 13.8. The van der Waals surface area contributed by atoms with Gasteiger partial charge in [0, 0.05) is 12.8 Å². The number of likely N-dealkylation sites (N-methyl/N-ethyl adjacent to an activating group) is 1. The maximum Gasteiger partial charge on any atom is 0.306 e. The molecule has 0 bridgehead atoms. The number of carbonyl (C=O) groups is 2. The Morgan fingerprint density at radius 1 is 0.455 bits per heavy atom. The van der Waals surface area contributed by atoms with Gasteiger partial charge >= 0.3 is 5.97 Å². The van der Waals surface area contributed by atoms with Crippen molar-refractivity contribution in [1.29, 1.82) is 0 Å². The second-order valence-electron chi connectivity index (χ2n) is 24.0. The van der Waals surface area contributed by atoms with E-state index in [1.807, 2.05) is 33.3 Å². The van der Waals surface area contributed by atoms with Crippen molar-refractivity contribution in [1.82, 2.24) is 5.32 Å². The zero-order valence-electron chi connectivity index (χ0n) is 51.9. The number of carbonyl (C=O) groups excluding carboxylic acids is 2. The molecule has 10 heteroatoms. The molecule has 0 aromatic heterocycles. The number of allylic oxidation sites excluding steroid dienone is 5. The van der Waals surface area contributed by atoms with Crippen molar-refractivity contribution in [2.45, 2.75) is 341 Å². The topological polar surface area (TPSA) is 114 Å². The summed E-state index contributed by atoms with van der Waals surface area (Å²) in [5.41, 5.74) is 0. The van der Waals surface area contributed by atoms with Crippen molar-refractivity contribution < 1.29 is 37.3 Å². The van der Waals surface area contributed by atoms with E-state index in [0.717, 1.165) is 64.2 Å². The molecule has 1 N–H and O–H groups in total. The van der Waals surface area contributed by atoms with E-state index in [4.69, 9.17) is 13.8 Å². The Kier molecular flexibility index (Phi) is 56.1. The lowest BCUT2D eigenvalue weighted by molar-refractivity contribution is -0.870. The Morgan fingerprint density at radius 2 is 0.779 bits per heavy atom. The number of quaternary nitrogens is 1. The zero-order valence-corrected chi connectivity index (χ0v) is 52.8. The summed E-state index contributed by atoms with van der Waals surface area (Å²) in [5, 5.41) is 3.02. The lowest BCUT2D eigenvalue weighted by atomic mass is 10.0. The minimum Gasteiger partial charge on any atom is -0.756 e. The lowest BCUT2D eigenvalue weighted by Crippen LogP contribution is -2.47. The maximum absolute atomic E-state index is 13.5. The van der Waals surface area contributed by atoms with Crippen LogP contribution in [0.25, 0.3) is 0 Å². The monoisotopic (exact) mass is 1100 g/mol.